The van der Waals surface area contributed by atoms with E-state index in [1.165, 1.54) is 6.42 Å². The summed E-state index contributed by atoms with van der Waals surface area (Å²) in [6, 6.07) is 0. The molecule has 2 heterocycles. The maximum atomic E-state index is 8.67. The van der Waals surface area contributed by atoms with Crippen LogP contribution in [0.15, 0.2) is 0 Å². The molecule has 0 amide bonds. The maximum Gasteiger partial charge on any atom is 0.201 e. The van der Waals surface area contributed by atoms with Gasteiger partial charge in [0.05, 0.1) is 6.10 Å². The van der Waals surface area contributed by atoms with Crippen molar-refractivity contribution >= 4 is 0 Å². The maximum absolute atomic E-state index is 8.67. The van der Waals surface area contributed by atoms with Gasteiger partial charge in [-0.25, -0.2) is 10.1 Å². The van der Waals surface area contributed by atoms with Crippen LogP contribution in [-0.2, 0) is 9.62 Å². The van der Waals surface area contributed by atoms with Crippen molar-refractivity contribution in [2.24, 2.45) is 0 Å². The third-order valence-electron chi connectivity index (χ3n) is 2.73. The fourth-order valence-electron chi connectivity index (χ4n) is 2.07. The lowest BCUT2D eigenvalue weighted by Crippen LogP contribution is -2.30. The van der Waals surface area contributed by atoms with Crippen LogP contribution in [0.25, 0.3) is 0 Å². The summed E-state index contributed by atoms with van der Waals surface area (Å²) in [6.45, 7) is 0. The molecular weight excluding hydrogens is 144 g/mol. The minimum atomic E-state index is -0.624. The van der Waals surface area contributed by atoms with Gasteiger partial charge in [-0.1, -0.05) is 6.42 Å². The van der Waals surface area contributed by atoms with Crippen LogP contribution in [-0.4, -0.2) is 17.1 Å². The highest BCUT2D eigenvalue weighted by Gasteiger charge is 2.42. The van der Waals surface area contributed by atoms with E-state index >= 15 is 0 Å². The van der Waals surface area contributed by atoms with Gasteiger partial charge in [-0.2, -0.15) is 0 Å². The summed E-state index contributed by atoms with van der Waals surface area (Å²) in [4.78, 5) is 4.43. The second kappa shape index (κ2) is 2.73. The molecular formula is C8H14O3. The Labute approximate surface area is 66.2 Å². The van der Waals surface area contributed by atoms with Crippen molar-refractivity contribution in [2.75, 3.05) is 0 Å². The molecule has 0 aromatic carbocycles. The molecule has 3 nitrogen and oxygen atoms in total. The predicted molar refractivity (Wildman–Crippen MR) is 39.0 cm³/mol. The van der Waals surface area contributed by atoms with Crippen LogP contribution in [0.2, 0.25) is 0 Å². The van der Waals surface area contributed by atoms with Crippen LogP contribution in [0.3, 0.4) is 0 Å². The Hall–Kier alpha value is -0.120. The molecule has 0 unspecified atom stereocenters. The normalized spacial score (nSPS) is 43.9. The molecule has 0 radical (unpaired) electrons. The zero-order chi connectivity index (χ0) is 7.73. The molecule has 1 N–H and O–H groups in total. The van der Waals surface area contributed by atoms with E-state index in [0.29, 0.717) is 6.10 Å². The van der Waals surface area contributed by atoms with Gasteiger partial charge in [0, 0.05) is 12.8 Å². The van der Waals surface area contributed by atoms with Crippen molar-refractivity contribution < 1.29 is 14.9 Å². The molecule has 11 heavy (non-hydrogen) atoms. The third-order valence-corrected chi connectivity index (χ3v) is 2.73. The fraction of sp³-hybridized carbons (Fsp3) is 1.00. The van der Waals surface area contributed by atoms with Crippen molar-refractivity contribution in [3.05, 3.63) is 0 Å². The van der Waals surface area contributed by atoms with E-state index in [-0.39, 0.29) is 0 Å². The predicted octanol–water partition coefficient (Wildman–Crippen LogP) is 1.93. The minimum absolute atomic E-state index is 0.338. The molecule has 0 saturated carbocycles. The van der Waals surface area contributed by atoms with Crippen LogP contribution in [0.4, 0.5) is 0 Å². The average molecular weight is 158 g/mol. The summed E-state index contributed by atoms with van der Waals surface area (Å²) in [5.74, 6) is -0.624. The van der Waals surface area contributed by atoms with E-state index in [1.54, 1.807) is 0 Å². The number of hydrogen-bond acceptors (Lipinski definition) is 3. The lowest BCUT2D eigenvalue weighted by molar-refractivity contribution is -0.398. The molecule has 2 fully saturated rings. The Kier molecular flexibility index (Phi) is 1.87. The largest absolute Gasteiger partial charge is 0.344 e. The first-order chi connectivity index (χ1) is 5.35. The molecule has 2 atom stereocenters. The van der Waals surface area contributed by atoms with E-state index < -0.39 is 5.79 Å². The molecule has 2 bridgehead atoms. The standard InChI is InChI=1S/C8H14O3/c9-11-8-5-2-1-3-7(10-8)4-6-8/h7,9H,1-6H2/t7-,8-/m0/s1. The van der Waals surface area contributed by atoms with Gasteiger partial charge >= 0.3 is 0 Å². The monoisotopic (exact) mass is 158 g/mol. The summed E-state index contributed by atoms with van der Waals surface area (Å²) < 4.78 is 5.59. The zero-order valence-electron chi connectivity index (χ0n) is 6.58. The van der Waals surface area contributed by atoms with Crippen molar-refractivity contribution in [1.82, 2.24) is 0 Å². The molecule has 2 aliphatic rings. The van der Waals surface area contributed by atoms with Crippen LogP contribution < -0.4 is 0 Å². The van der Waals surface area contributed by atoms with Crippen LogP contribution in [0.5, 0.6) is 0 Å². The van der Waals surface area contributed by atoms with Gasteiger partial charge in [0.25, 0.3) is 0 Å². The van der Waals surface area contributed by atoms with Crippen LogP contribution in [0, 0.1) is 0 Å². The molecule has 0 spiro atoms. The molecule has 3 heteroatoms. The Morgan fingerprint density at radius 3 is 3.00 bits per heavy atom. The molecule has 0 aromatic heterocycles. The topological polar surface area (TPSA) is 38.7 Å². The summed E-state index contributed by atoms with van der Waals surface area (Å²) in [6.07, 6.45) is 6.52. The van der Waals surface area contributed by atoms with Gasteiger partial charge in [0.1, 0.15) is 0 Å². The lowest BCUT2D eigenvalue weighted by atomic mass is 9.99. The van der Waals surface area contributed by atoms with Crippen LogP contribution >= 0.6 is 0 Å². The molecule has 0 aliphatic carbocycles. The first kappa shape index (κ1) is 7.53. The van der Waals surface area contributed by atoms with Gasteiger partial charge in [-0.05, 0) is 19.3 Å². The van der Waals surface area contributed by atoms with Crippen molar-refractivity contribution in [3.8, 4) is 0 Å². The smallest absolute Gasteiger partial charge is 0.201 e. The van der Waals surface area contributed by atoms with E-state index in [1.807, 2.05) is 0 Å². The van der Waals surface area contributed by atoms with Gasteiger partial charge in [-0.15, -0.1) is 0 Å². The Morgan fingerprint density at radius 2 is 2.18 bits per heavy atom. The molecule has 2 aliphatic heterocycles. The number of fused-ring (bicyclic) bond motifs is 2. The second-order valence-corrected chi connectivity index (χ2v) is 3.53. The van der Waals surface area contributed by atoms with Gasteiger partial charge < -0.3 is 4.74 Å². The SMILES string of the molecule is OO[C@@]12CCCC[C@@H](CC1)O2. The van der Waals surface area contributed by atoms with Crippen molar-refractivity contribution in [3.63, 3.8) is 0 Å². The average Bonchev–Trinajstić information content (AvgIpc) is 2.28. The quantitative estimate of drug-likeness (QED) is 0.468. The molecule has 64 valence electrons. The fourth-order valence-corrected chi connectivity index (χ4v) is 2.07. The number of hydrogen-bond donors (Lipinski definition) is 1. The summed E-state index contributed by atoms with van der Waals surface area (Å²) in [7, 11) is 0. The molecule has 2 rings (SSSR count). The molecule has 2 saturated heterocycles. The lowest BCUT2D eigenvalue weighted by Gasteiger charge is -2.23. The molecule has 0 aromatic rings. The van der Waals surface area contributed by atoms with Gasteiger partial charge in [0.15, 0.2) is 0 Å². The van der Waals surface area contributed by atoms with Crippen molar-refractivity contribution in [1.29, 1.82) is 0 Å². The highest BCUT2D eigenvalue weighted by Crippen LogP contribution is 2.39. The van der Waals surface area contributed by atoms with E-state index in [2.05, 4.69) is 4.89 Å². The summed E-state index contributed by atoms with van der Waals surface area (Å²) >= 11 is 0. The van der Waals surface area contributed by atoms with Gasteiger partial charge in [0.2, 0.25) is 5.79 Å². The Balaban J connectivity index is 2.08. The van der Waals surface area contributed by atoms with Crippen molar-refractivity contribution in [2.45, 2.75) is 50.4 Å². The Morgan fingerprint density at radius 1 is 1.27 bits per heavy atom. The zero-order valence-corrected chi connectivity index (χ0v) is 6.58. The van der Waals surface area contributed by atoms with Crippen LogP contribution in [0.1, 0.15) is 38.5 Å². The number of rotatable bonds is 1. The summed E-state index contributed by atoms with van der Waals surface area (Å²) in [5, 5.41) is 8.67. The third kappa shape index (κ3) is 1.28. The second-order valence-electron chi connectivity index (χ2n) is 3.53. The highest BCUT2D eigenvalue weighted by molar-refractivity contribution is 4.83. The number of ether oxygens (including phenoxy) is 1. The highest BCUT2D eigenvalue weighted by atomic mass is 17.1. The first-order valence-corrected chi connectivity index (χ1v) is 4.35. The van der Waals surface area contributed by atoms with E-state index in [4.69, 9.17) is 9.99 Å². The van der Waals surface area contributed by atoms with E-state index in [0.717, 1.165) is 32.1 Å². The van der Waals surface area contributed by atoms with E-state index in [9.17, 15) is 0 Å². The minimum Gasteiger partial charge on any atom is -0.344 e. The Bertz CT molecular complexity index is 148. The van der Waals surface area contributed by atoms with Gasteiger partial charge in [-0.3, -0.25) is 0 Å². The summed E-state index contributed by atoms with van der Waals surface area (Å²) in [5.41, 5.74) is 0. The first-order valence-electron chi connectivity index (χ1n) is 4.35.